The van der Waals surface area contributed by atoms with Gasteiger partial charge in [0.1, 0.15) is 0 Å². The van der Waals surface area contributed by atoms with Gasteiger partial charge in [-0.3, -0.25) is 4.98 Å². The van der Waals surface area contributed by atoms with E-state index < -0.39 is 11.6 Å². The number of ether oxygens (including phenoxy) is 1. The molecule has 158 valence electrons. The maximum absolute atomic E-state index is 14.4. The summed E-state index contributed by atoms with van der Waals surface area (Å²) in [6.07, 6.45) is 1.10. The van der Waals surface area contributed by atoms with Gasteiger partial charge in [0.05, 0.1) is 31.0 Å². The summed E-state index contributed by atoms with van der Waals surface area (Å²) < 4.78 is 24.9. The molecule has 1 aliphatic rings. The number of nitrogens with one attached hydrogen (secondary N) is 4. The third-order valence-electron chi connectivity index (χ3n) is 4.93. The lowest BCUT2D eigenvalue weighted by atomic mass is 10.0. The van der Waals surface area contributed by atoms with Crippen LogP contribution in [-0.2, 0) is 4.74 Å². The molecule has 2 aromatic carbocycles. The Labute approximate surface area is 175 Å². The molecule has 1 fully saturated rings. The van der Waals surface area contributed by atoms with Crippen molar-refractivity contribution < 1.29 is 13.5 Å². The molecule has 1 aliphatic heterocycles. The summed E-state index contributed by atoms with van der Waals surface area (Å²) in [5.41, 5.74) is 3.27. The molecule has 9 nitrogen and oxygen atoms in total. The van der Waals surface area contributed by atoms with Gasteiger partial charge in [-0.2, -0.15) is 4.98 Å². The van der Waals surface area contributed by atoms with Crippen LogP contribution in [0.3, 0.4) is 0 Å². The third kappa shape index (κ3) is 4.11. The summed E-state index contributed by atoms with van der Waals surface area (Å²) in [4.78, 5) is 22.2. The predicted octanol–water partition coefficient (Wildman–Crippen LogP) is 3.20. The third-order valence-corrected chi connectivity index (χ3v) is 4.93. The molecule has 1 atom stereocenters. The van der Waals surface area contributed by atoms with Gasteiger partial charge in [-0.05, 0) is 29.8 Å². The van der Waals surface area contributed by atoms with Crippen LogP contribution in [0.2, 0.25) is 0 Å². The Bertz CT molecular complexity index is 1280. The van der Waals surface area contributed by atoms with E-state index in [0.29, 0.717) is 30.0 Å². The predicted molar refractivity (Wildman–Crippen MR) is 113 cm³/mol. The molecular formula is C21H19FN6O3. The number of fused-ring (bicyclic) bond motifs is 1. The van der Waals surface area contributed by atoms with E-state index in [1.165, 1.54) is 0 Å². The van der Waals surface area contributed by atoms with Crippen LogP contribution < -0.4 is 21.7 Å². The molecule has 0 spiro atoms. The summed E-state index contributed by atoms with van der Waals surface area (Å²) in [5.74, 6) is -0.921. The number of aromatic nitrogens is 3. The highest BCUT2D eigenvalue weighted by Gasteiger charge is 2.19. The van der Waals surface area contributed by atoms with Crippen LogP contribution >= 0.6 is 0 Å². The Balaban J connectivity index is 1.40. The van der Waals surface area contributed by atoms with Crippen molar-refractivity contribution in [3.8, 4) is 0 Å². The molecule has 2 aromatic heterocycles. The van der Waals surface area contributed by atoms with Gasteiger partial charge in [0, 0.05) is 17.9 Å². The number of aromatic amines is 1. The Hall–Kier alpha value is -3.76. The van der Waals surface area contributed by atoms with Gasteiger partial charge in [-0.25, -0.2) is 14.2 Å². The second kappa shape index (κ2) is 8.17. The first-order valence-corrected chi connectivity index (χ1v) is 9.75. The molecule has 0 aliphatic carbocycles. The SMILES string of the molecule is O=c1[nH]c2cc(Nc3nc(Nc4ccccc4C4COCCN4)ncc3F)ccc2o1. The number of halogens is 1. The highest BCUT2D eigenvalue weighted by Crippen LogP contribution is 2.27. The number of H-pyrrole nitrogens is 1. The lowest BCUT2D eigenvalue weighted by Gasteiger charge is -2.26. The lowest BCUT2D eigenvalue weighted by molar-refractivity contribution is 0.0771. The van der Waals surface area contributed by atoms with E-state index in [-0.39, 0.29) is 17.8 Å². The number of hydrogen-bond donors (Lipinski definition) is 4. The number of morpholine rings is 1. The molecule has 0 radical (unpaired) electrons. The van der Waals surface area contributed by atoms with Gasteiger partial charge in [-0.15, -0.1) is 0 Å². The normalized spacial score (nSPS) is 16.4. The molecule has 4 N–H and O–H groups in total. The first-order chi connectivity index (χ1) is 15.2. The summed E-state index contributed by atoms with van der Waals surface area (Å²) in [7, 11) is 0. The van der Waals surface area contributed by atoms with E-state index in [1.54, 1.807) is 18.2 Å². The van der Waals surface area contributed by atoms with Crippen LogP contribution in [0.15, 0.2) is 57.9 Å². The average Bonchev–Trinajstić information content (AvgIpc) is 3.16. The van der Waals surface area contributed by atoms with E-state index in [9.17, 15) is 9.18 Å². The van der Waals surface area contributed by atoms with Gasteiger partial charge < -0.3 is 25.1 Å². The second-order valence-corrected chi connectivity index (χ2v) is 7.03. The van der Waals surface area contributed by atoms with E-state index in [4.69, 9.17) is 9.15 Å². The molecule has 5 rings (SSSR count). The molecule has 10 heteroatoms. The Kier molecular flexibility index (Phi) is 5.06. The van der Waals surface area contributed by atoms with Crippen LogP contribution in [-0.4, -0.2) is 34.7 Å². The van der Waals surface area contributed by atoms with Crippen molar-refractivity contribution in [2.75, 3.05) is 30.4 Å². The van der Waals surface area contributed by atoms with Gasteiger partial charge in [0.2, 0.25) is 5.95 Å². The summed E-state index contributed by atoms with van der Waals surface area (Å²) >= 11 is 0. The van der Waals surface area contributed by atoms with Gasteiger partial charge in [-0.1, -0.05) is 18.2 Å². The van der Waals surface area contributed by atoms with E-state index in [0.717, 1.165) is 24.0 Å². The Morgan fingerprint density at radius 1 is 1.16 bits per heavy atom. The smallest absolute Gasteiger partial charge is 0.408 e. The maximum atomic E-state index is 14.4. The van der Waals surface area contributed by atoms with Crippen molar-refractivity contribution in [2.45, 2.75) is 6.04 Å². The number of nitrogens with zero attached hydrogens (tertiary/aromatic N) is 2. The number of oxazole rings is 1. The molecule has 4 aromatic rings. The standard InChI is InChI=1S/C21H19FN6O3/c22-14-10-24-20(26-15-4-2-1-3-13(15)17-11-30-8-7-23-17)28-19(14)25-12-5-6-18-16(9-12)27-21(29)31-18/h1-6,9-10,17,23H,7-8,11H2,(H,27,29)(H2,24,25,26,28). The maximum Gasteiger partial charge on any atom is 0.417 e. The van der Waals surface area contributed by atoms with Crippen LogP contribution in [0.5, 0.6) is 0 Å². The summed E-state index contributed by atoms with van der Waals surface area (Å²) in [6, 6.07) is 12.7. The van der Waals surface area contributed by atoms with Crippen molar-refractivity contribution in [3.05, 3.63) is 70.6 Å². The largest absolute Gasteiger partial charge is 0.417 e. The molecule has 31 heavy (non-hydrogen) atoms. The minimum atomic E-state index is -0.609. The Morgan fingerprint density at radius 2 is 2.06 bits per heavy atom. The van der Waals surface area contributed by atoms with Crippen molar-refractivity contribution in [2.24, 2.45) is 0 Å². The number of para-hydroxylation sites is 1. The fraction of sp³-hybridized carbons (Fsp3) is 0.190. The topological polar surface area (TPSA) is 117 Å². The molecule has 0 amide bonds. The van der Waals surface area contributed by atoms with Crippen LogP contribution in [0.4, 0.5) is 27.5 Å². The van der Waals surface area contributed by atoms with Gasteiger partial charge >= 0.3 is 5.76 Å². The fourth-order valence-corrected chi connectivity index (χ4v) is 3.48. The van der Waals surface area contributed by atoms with Crippen molar-refractivity contribution in [3.63, 3.8) is 0 Å². The van der Waals surface area contributed by atoms with E-state index in [2.05, 4.69) is 30.9 Å². The highest BCUT2D eigenvalue weighted by molar-refractivity contribution is 5.78. The molecule has 1 unspecified atom stereocenters. The average molecular weight is 422 g/mol. The number of rotatable bonds is 5. The minimum absolute atomic E-state index is 0.000650. The number of hydrogen-bond acceptors (Lipinski definition) is 8. The molecular weight excluding hydrogens is 403 g/mol. The zero-order valence-corrected chi connectivity index (χ0v) is 16.3. The lowest BCUT2D eigenvalue weighted by Crippen LogP contribution is -2.34. The zero-order chi connectivity index (χ0) is 21.2. The van der Waals surface area contributed by atoms with Crippen LogP contribution in [0, 0.1) is 5.82 Å². The summed E-state index contributed by atoms with van der Waals surface area (Å²) in [5, 5.41) is 9.50. The van der Waals surface area contributed by atoms with Crippen LogP contribution in [0.25, 0.3) is 11.1 Å². The Morgan fingerprint density at radius 3 is 2.94 bits per heavy atom. The van der Waals surface area contributed by atoms with Gasteiger partial charge in [0.15, 0.2) is 17.2 Å². The van der Waals surface area contributed by atoms with Crippen molar-refractivity contribution in [1.82, 2.24) is 20.3 Å². The molecule has 1 saturated heterocycles. The van der Waals surface area contributed by atoms with Crippen molar-refractivity contribution >= 4 is 34.2 Å². The van der Waals surface area contributed by atoms with Gasteiger partial charge in [0.25, 0.3) is 0 Å². The van der Waals surface area contributed by atoms with Crippen LogP contribution in [0.1, 0.15) is 11.6 Å². The number of anilines is 4. The monoisotopic (exact) mass is 422 g/mol. The first-order valence-electron chi connectivity index (χ1n) is 9.75. The molecule has 0 bridgehead atoms. The first kappa shape index (κ1) is 19.2. The van der Waals surface area contributed by atoms with E-state index in [1.807, 2.05) is 24.3 Å². The second-order valence-electron chi connectivity index (χ2n) is 7.03. The fourth-order valence-electron chi connectivity index (χ4n) is 3.48. The molecule has 0 saturated carbocycles. The van der Waals surface area contributed by atoms with Crippen molar-refractivity contribution in [1.29, 1.82) is 0 Å². The quantitative estimate of drug-likeness (QED) is 0.387. The highest BCUT2D eigenvalue weighted by atomic mass is 19.1. The minimum Gasteiger partial charge on any atom is -0.408 e. The molecule has 3 heterocycles. The summed E-state index contributed by atoms with van der Waals surface area (Å²) in [6.45, 7) is 2.02. The zero-order valence-electron chi connectivity index (χ0n) is 16.3. The van der Waals surface area contributed by atoms with E-state index >= 15 is 0 Å². The number of benzene rings is 2.